The summed E-state index contributed by atoms with van der Waals surface area (Å²) in [4.78, 5) is 72.0. The first-order valence-electron chi connectivity index (χ1n) is 13.1. The molecule has 0 saturated carbocycles. The lowest BCUT2D eigenvalue weighted by Crippen LogP contribution is -2.52. The quantitative estimate of drug-likeness (QED) is 0.0688. The first kappa shape index (κ1) is 34.0. The molecule has 6 amide bonds. The van der Waals surface area contributed by atoms with E-state index in [-0.39, 0.29) is 45.0 Å². The Morgan fingerprint density at radius 3 is 2.10 bits per heavy atom. The standard InChI is InChI=1S/C26H41N7O7/c1-18(12-21(28)34)40-17-32-24(37)15-31-26(39)20(13-19-8-4-2-5-9-19)33-25(38)16-30-23(36)14-29-22(35)10-6-3-7-11-27/h2,4-5,8-9,18,20H,3,6-7,10-17,27H2,1H3,(H2,28,34)(H,29,35)(H,30,36)(H,31,39)(H,32,37)(H,33,38)/t18-,20+/m1/s1. The summed E-state index contributed by atoms with van der Waals surface area (Å²) in [5.74, 6) is -3.14. The fourth-order valence-corrected chi connectivity index (χ4v) is 3.38. The Morgan fingerprint density at radius 1 is 0.800 bits per heavy atom. The average Bonchev–Trinajstić information content (AvgIpc) is 2.91. The number of amides is 6. The molecule has 1 aromatic rings. The lowest BCUT2D eigenvalue weighted by atomic mass is 10.1. The summed E-state index contributed by atoms with van der Waals surface area (Å²) >= 11 is 0. The largest absolute Gasteiger partial charge is 0.370 e. The third-order valence-corrected chi connectivity index (χ3v) is 5.48. The fraction of sp³-hybridized carbons (Fsp3) is 0.538. The number of carbonyl (C=O) groups is 6. The van der Waals surface area contributed by atoms with Crippen LogP contribution in [-0.4, -0.2) is 80.5 Å². The van der Waals surface area contributed by atoms with Gasteiger partial charge in [-0.2, -0.15) is 0 Å². The fourth-order valence-electron chi connectivity index (χ4n) is 3.38. The molecule has 9 N–H and O–H groups in total. The van der Waals surface area contributed by atoms with Gasteiger partial charge in [0.25, 0.3) is 0 Å². The maximum Gasteiger partial charge on any atom is 0.243 e. The molecule has 0 bridgehead atoms. The van der Waals surface area contributed by atoms with Gasteiger partial charge >= 0.3 is 0 Å². The number of unbranched alkanes of at least 4 members (excludes halogenated alkanes) is 2. The summed E-state index contributed by atoms with van der Waals surface area (Å²) in [5, 5.41) is 12.3. The first-order valence-corrected chi connectivity index (χ1v) is 13.1. The van der Waals surface area contributed by atoms with Crippen molar-refractivity contribution in [3.63, 3.8) is 0 Å². The van der Waals surface area contributed by atoms with Gasteiger partial charge in [-0.25, -0.2) is 0 Å². The Hall–Kier alpha value is -4.04. The number of ether oxygens (including phenoxy) is 1. The van der Waals surface area contributed by atoms with E-state index in [1.807, 2.05) is 6.07 Å². The number of nitrogens with one attached hydrogen (secondary N) is 5. The zero-order valence-electron chi connectivity index (χ0n) is 22.8. The average molecular weight is 564 g/mol. The molecule has 2 atom stereocenters. The molecule has 0 unspecified atom stereocenters. The molecule has 0 saturated heterocycles. The monoisotopic (exact) mass is 563 g/mol. The molecular formula is C26H41N7O7. The second-order valence-corrected chi connectivity index (χ2v) is 9.07. The van der Waals surface area contributed by atoms with Crippen LogP contribution in [0.2, 0.25) is 0 Å². The third-order valence-electron chi connectivity index (χ3n) is 5.48. The Balaban J connectivity index is 2.51. The Labute approximate surface area is 233 Å². The van der Waals surface area contributed by atoms with Gasteiger partial charge in [-0.15, -0.1) is 0 Å². The summed E-state index contributed by atoms with van der Waals surface area (Å²) in [6, 6.07) is 7.91. The van der Waals surface area contributed by atoms with Crippen molar-refractivity contribution in [2.75, 3.05) is 32.9 Å². The van der Waals surface area contributed by atoms with Crippen molar-refractivity contribution in [1.82, 2.24) is 26.6 Å². The SMILES string of the molecule is C[C@H](CC(N)=O)OCNC(=O)CNC(=O)[C@H](Cc1ccccc1)NC(=O)CNC(=O)CNC(=O)CCCCCN. The minimum atomic E-state index is -1.03. The highest BCUT2D eigenvalue weighted by atomic mass is 16.5. The van der Waals surface area contributed by atoms with Gasteiger partial charge in [-0.3, -0.25) is 28.8 Å². The number of rotatable bonds is 20. The van der Waals surface area contributed by atoms with Gasteiger partial charge in [0.2, 0.25) is 35.4 Å². The maximum absolute atomic E-state index is 12.8. The van der Waals surface area contributed by atoms with Gasteiger partial charge in [0.05, 0.1) is 32.2 Å². The molecule has 0 aliphatic heterocycles. The highest BCUT2D eigenvalue weighted by Gasteiger charge is 2.22. The molecule has 14 nitrogen and oxygen atoms in total. The molecule has 1 aromatic carbocycles. The van der Waals surface area contributed by atoms with Crippen LogP contribution >= 0.6 is 0 Å². The van der Waals surface area contributed by atoms with Crippen molar-refractivity contribution in [1.29, 1.82) is 0 Å². The predicted octanol–water partition coefficient (Wildman–Crippen LogP) is -2.06. The topological polar surface area (TPSA) is 224 Å². The van der Waals surface area contributed by atoms with Crippen LogP contribution in [0.3, 0.4) is 0 Å². The summed E-state index contributed by atoms with van der Waals surface area (Å²) in [6.07, 6.45) is 2.26. The van der Waals surface area contributed by atoms with E-state index in [9.17, 15) is 28.8 Å². The van der Waals surface area contributed by atoms with E-state index in [4.69, 9.17) is 16.2 Å². The van der Waals surface area contributed by atoms with Crippen molar-refractivity contribution in [3.05, 3.63) is 35.9 Å². The normalized spacial score (nSPS) is 11.9. The van der Waals surface area contributed by atoms with E-state index >= 15 is 0 Å². The molecule has 0 aromatic heterocycles. The summed E-state index contributed by atoms with van der Waals surface area (Å²) in [6.45, 7) is 0.936. The van der Waals surface area contributed by atoms with Gasteiger partial charge in [0.15, 0.2) is 0 Å². The van der Waals surface area contributed by atoms with Gasteiger partial charge in [0.1, 0.15) is 12.8 Å². The second-order valence-electron chi connectivity index (χ2n) is 9.07. The third kappa shape index (κ3) is 16.7. The van der Waals surface area contributed by atoms with Crippen LogP contribution in [0.1, 0.15) is 44.6 Å². The molecule has 0 fully saturated rings. The van der Waals surface area contributed by atoms with Crippen molar-refractivity contribution >= 4 is 35.4 Å². The molecule has 0 heterocycles. The Morgan fingerprint density at radius 2 is 1.43 bits per heavy atom. The molecule has 1 rings (SSSR count). The number of hydrogen-bond donors (Lipinski definition) is 7. The van der Waals surface area contributed by atoms with Gasteiger partial charge < -0.3 is 42.8 Å². The highest BCUT2D eigenvalue weighted by Crippen LogP contribution is 2.04. The van der Waals surface area contributed by atoms with Crippen molar-refractivity contribution in [3.8, 4) is 0 Å². The van der Waals surface area contributed by atoms with E-state index < -0.39 is 48.2 Å². The van der Waals surface area contributed by atoms with E-state index in [0.29, 0.717) is 13.0 Å². The molecule has 222 valence electrons. The van der Waals surface area contributed by atoms with Crippen LogP contribution in [0.5, 0.6) is 0 Å². The first-order chi connectivity index (χ1) is 19.1. The Kier molecular flexibility index (Phi) is 16.9. The molecule has 0 aliphatic carbocycles. The van der Waals surface area contributed by atoms with E-state index in [1.54, 1.807) is 31.2 Å². The second kappa shape index (κ2) is 19.9. The Bertz CT molecular complexity index is 975. The van der Waals surface area contributed by atoms with Crippen LogP contribution in [0.15, 0.2) is 30.3 Å². The number of primary amides is 1. The minimum absolute atomic E-state index is 0.00180. The highest BCUT2D eigenvalue weighted by molar-refractivity contribution is 5.92. The summed E-state index contributed by atoms with van der Waals surface area (Å²) in [5.41, 5.74) is 11.3. The summed E-state index contributed by atoms with van der Waals surface area (Å²) in [7, 11) is 0. The van der Waals surface area contributed by atoms with Crippen LogP contribution < -0.4 is 38.1 Å². The zero-order chi connectivity index (χ0) is 29.8. The molecular weight excluding hydrogens is 522 g/mol. The smallest absolute Gasteiger partial charge is 0.243 e. The van der Waals surface area contributed by atoms with Gasteiger partial charge in [-0.1, -0.05) is 36.8 Å². The molecule has 0 spiro atoms. The molecule has 0 aliphatic rings. The van der Waals surface area contributed by atoms with Gasteiger partial charge in [0, 0.05) is 12.8 Å². The lowest BCUT2D eigenvalue weighted by molar-refractivity contribution is -0.131. The number of nitrogens with two attached hydrogens (primary N) is 2. The maximum atomic E-state index is 12.8. The lowest BCUT2D eigenvalue weighted by Gasteiger charge is -2.19. The number of benzene rings is 1. The predicted molar refractivity (Wildman–Crippen MR) is 146 cm³/mol. The van der Waals surface area contributed by atoms with Crippen molar-refractivity contribution < 1.29 is 33.5 Å². The van der Waals surface area contributed by atoms with Crippen molar-refractivity contribution in [2.24, 2.45) is 11.5 Å². The van der Waals surface area contributed by atoms with E-state index in [2.05, 4.69) is 26.6 Å². The molecule has 40 heavy (non-hydrogen) atoms. The number of hydrogen-bond acceptors (Lipinski definition) is 8. The van der Waals surface area contributed by atoms with Crippen LogP contribution in [0.4, 0.5) is 0 Å². The van der Waals surface area contributed by atoms with E-state index in [1.165, 1.54) is 0 Å². The van der Waals surface area contributed by atoms with Crippen molar-refractivity contribution in [2.45, 2.75) is 57.6 Å². The molecule has 0 radical (unpaired) electrons. The van der Waals surface area contributed by atoms with Crippen LogP contribution in [0, 0.1) is 0 Å². The number of carbonyl (C=O) groups excluding carboxylic acids is 6. The van der Waals surface area contributed by atoms with E-state index in [0.717, 1.165) is 18.4 Å². The van der Waals surface area contributed by atoms with Crippen LogP contribution in [-0.2, 0) is 39.9 Å². The summed E-state index contributed by atoms with van der Waals surface area (Å²) < 4.78 is 5.25. The zero-order valence-corrected chi connectivity index (χ0v) is 22.8. The van der Waals surface area contributed by atoms with Gasteiger partial charge in [-0.05, 0) is 31.9 Å². The molecule has 14 heteroatoms. The minimum Gasteiger partial charge on any atom is -0.370 e. The van der Waals surface area contributed by atoms with Crippen LogP contribution in [0.25, 0.3) is 0 Å².